The Hall–Kier alpha value is -3.78. The Kier molecular flexibility index (Phi) is 5.93. The fourth-order valence-electron chi connectivity index (χ4n) is 2.88. The van der Waals surface area contributed by atoms with E-state index >= 15 is 0 Å². The molecule has 0 bridgehead atoms. The van der Waals surface area contributed by atoms with Crippen LogP contribution in [0.3, 0.4) is 0 Å². The summed E-state index contributed by atoms with van der Waals surface area (Å²) >= 11 is 0. The molecule has 0 amide bonds. The maximum atomic E-state index is 11.6. The molecule has 0 aliphatic rings. The molecule has 140 valence electrons. The molecule has 0 spiro atoms. The molecule has 0 aromatic heterocycles. The number of hydrogen-bond acceptors (Lipinski definition) is 5. The van der Waals surface area contributed by atoms with E-state index in [1.165, 1.54) is 13.2 Å². The highest BCUT2D eigenvalue weighted by Crippen LogP contribution is 2.30. The molecule has 3 aromatic carbocycles. The second kappa shape index (κ2) is 8.74. The van der Waals surface area contributed by atoms with E-state index < -0.39 is 5.97 Å². The summed E-state index contributed by atoms with van der Waals surface area (Å²) in [5, 5.41) is 11.4. The molecule has 0 aliphatic heterocycles. The van der Waals surface area contributed by atoms with Gasteiger partial charge in [-0.05, 0) is 40.1 Å². The third kappa shape index (κ3) is 4.13. The zero-order chi connectivity index (χ0) is 19.9. The minimum Gasteiger partial charge on any atom is -0.493 e. The average molecular weight is 373 g/mol. The molecule has 0 heterocycles. The summed E-state index contributed by atoms with van der Waals surface area (Å²) in [7, 11) is 2.78. The van der Waals surface area contributed by atoms with E-state index in [1.807, 2.05) is 30.3 Å². The van der Waals surface area contributed by atoms with Gasteiger partial charge in [-0.2, -0.15) is 5.26 Å². The van der Waals surface area contributed by atoms with Gasteiger partial charge in [0.15, 0.2) is 11.5 Å². The third-order valence-corrected chi connectivity index (χ3v) is 4.29. The predicted molar refractivity (Wildman–Crippen MR) is 107 cm³/mol. The van der Waals surface area contributed by atoms with Gasteiger partial charge in [-0.3, -0.25) is 0 Å². The van der Waals surface area contributed by atoms with Crippen LogP contribution in [0, 0.1) is 11.3 Å². The highest BCUT2D eigenvalue weighted by molar-refractivity contribution is 5.97. The molecule has 0 atom stereocenters. The van der Waals surface area contributed by atoms with Crippen molar-refractivity contribution < 1.29 is 19.0 Å². The molecule has 0 saturated heterocycles. The second-order valence-corrected chi connectivity index (χ2v) is 6.00. The third-order valence-electron chi connectivity index (χ3n) is 4.29. The van der Waals surface area contributed by atoms with Crippen molar-refractivity contribution in [3.63, 3.8) is 0 Å². The summed E-state index contributed by atoms with van der Waals surface area (Å²) in [5.74, 6) is 0.401. The number of hydrogen-bond donors (Lipinski definition) is 0. The largest absolute Gasteiger partial charge is 0.493 e. The first-order valence-electron chi connectivity index (χ1n) is 8.64. The van der Waals surface area contributed by atoms with Crippen molar-refractivity contribution in [3.05, 3.63) is 77.4 Å². The number of rotatable bonds is 6. The highest BCUT2D eigenvalue weighted by atomic mass is 16.5. The lowest BCUT2D eigenvalue weighted by Gasteiger charge is -2.13. The molecule has 3 rings (SSSR count). The Labute approximate surface area is 163 Å². The van der Waals surface area contributed by atoms with Gasteiger partial charge >= 0.3 is 5.97 Å². The van der Waals surface area contributed by atoms with Gasteiger partial charge in [0.2, 0.25) is 0 Å². The number of nitriles is 1. The fourth-order valence-corrected chi connectivity index (χ4v) is 2.88. The molecule has 0 N–H and O–H groups in total. The minimum absolute atomic E-state index is 0.0889. The van der Waals surface area contributed by atoms with Gasteiger partial charge in [0.05, 0.1) is 14.2 Å². The van der Waals surface area contributed by atoms with Crippen LogP contribution in [0.4, 0.5) is 0 Å². The van der Waals surface area contributed by atoms with Crippen molar-refractivity contribution in [2.24, 2.45) is 0 Å². The number of nitrogens with zero attached hydrogens (tertiary/aromatic N) is 1. The second-order valence-electron chi connectivity index (χ2n) is 6.00. The lowest BCUT2D eigenvalue weighted by Crippen LogP contribution is -2.02. The lowest BCUT2D eigenvalue weighted by atomic mass is 10.1. The van der Waals surface area contributed by atoms with Crippen LogP contribution >= 0.6 is 0 Å². The quantitative estimate of drug-likeness (QED) is 0.361. The van der Waals surface area contributed by atoms with Gasteiger partial charge in [-0.1, -0.05) is 48.5 Å². The molecule has 28 heavy (non-hydrogen) atoms. The highest BCUT2D eigenvalue weighted by Gasteiger charge is 2.11. The van der Waals surface area contributed by atoms with E-state index in [-0.39, 0.29) is 5.57 Å². The maximum Gasteiger partial charge on any atom is 0.348 e. The van der Waals surface area contributed by atoms with Crippen LogP contribution in [0.5, 0.6) is 11.5 Å². The van der Waals surface area contributed by atoms with Crippen LogP contribution in [0.2, 0.25) is 0 Å². The van der Waals surface area contributed by atoms with Gasteiger partial charge in [0, 0.05) is 0 Å². The van der Waals surface area contributed by atoms with E-state index in [0.29, 0.717) is 23.7 Å². The van der Waals surface area contributed by atoms with Crippen LogP contribution in [0.1, 0.15) is 11.1 Å². The molecule has 5 heteroatoms. The molecule has 0 fully saturated rings. The topological polar surface area (TPSA) is 68.6 Å². The SMILES string of the molecule is COC(=O)/C(C#N)=C/c1ccc(OCc2cccc3ccccc23)c(OC)c1. The van der Waals surface area contributed by atoms with Crippen molar-refractivity contribution in [1.29, 1.82) is 5.26 Å². The van der Waals surface area contributed by atoms with Crippen molar-refractivity contribution in [1.82, 2.24) is 0 Å². The Bertz CT molecular complexity index is 1070. The van der Waals surface area contributed by atoms with Crippen molar-refractivity contribution in [3.8, 4) is 17.6 Å². The number of carbonyl (C=O) groups excluding carboxylic acids is 1. The van der Waals surface area contributed by atoms with Gasteiger partial charge in [0.1, 0.15) is 18.2 Å². The average Bonchev–Trinajstić information content (AvgIpc) is 2.75. The van der Waals surface area contributed by atoms with Gasteiger partial charge < -0.3 is 14.2 Å². The van der Waals surface area contributed by atoms with E-state index in [9.17, 15) is 4.79 Å². The molecule has 0 aliphatic carbocycles. The van der Waals surface area contributed by atoms with Crippen LogP contribution in [-0.2, 0) is 16.1 Å². The number of ether oxygens (including phenoxy) is 3. The van der Waals surface area contributed by atoms with Gasteiger partial charge in [0.25, 0.3) is 0 Å². The molecule has 0 unspecified atom stereocenters. The number of methoxy groups -OCH3 is 2. The molecule has 5 nitrogen and oxygen atoms in total. The zero-order valence-electron chi connectivity index (χ0n) is 15.6. The molecule has 0 saturated carbocycles. The zero-order valence-corrected chi connectivity index (χ0v) is 15.6. The van der Waals surface area contributed by atoms with Gasteiger partial charge in [-0.25, -0.2) is 4.79 Å². The number of esters is 1. The first-order valence-corrected chi connectivity index (χ1v) is 8.64. The van der Waals surface area contributed by atoms with Gasteiger partial charge in [-0.15, -0.1) is 0 Å². The van der Waals surface area contributed by atoms with Crippen molar-refractivity contribution in [2.45, 2.75) is 6.61 Å². The summed E-state index contributed by atoms with van der Waals surface area (Å²) in [4.78, 5) is 11.6. The first-order chi connectivity index (χ1) is 13.7. The summed E-state index contributed by atoms with van der Waals surface area (Å²) in [6.07, 6.45) is 1.45. The van der Waals surface area contributed by atoms with Crippen LogP contribution in [0.25, 0.3) is 16.8 Å². The summed E-state index contributed by atoms with van der Waals surface area (Å²) in [5.41, 5.74) is 1.62. The van der Waals surface area contributed by atoms with E-state index in [2.05, 4.69) is 22.9 Å². The summed E-state index contributed by atoms with van der Waals surface area (Å²) in [6.45, 7) is 0.387. The van der Waals surface area contributed by atoms with Crippen LogP contribution in [-0.4, -0.2) is 20.2 Å². The molecular formula is C23H19NO4. The minimum atomic E-state index is -0.683. The number of carbonyl (C=O) groups is 1. The Morgan fingerprint density at radius 1 is 1.04 bits per heavy atom. The van der Waals surface area contributed by atoms with Crippen LogP contribution in [0.15, 0.2) is 66.2 Å². The predicted octanol–water partition coefficient (Wildman–Crippen LogP) is 4.51. The monoisotopic (exact) mass is 373 g/mol. The number of benzene rings is 3. The van der Waals surface area contributed by atoms with Crippen molar-refractivity contribution >= 4 is 22.8 Å². The summed E-state index contributed by atoms with van der Waals surface area (Å²) < 4.78 is 16.0. The Morgan fingerprint density at radius 2 is 1.82 bits per heavy atom. The molecular weight excluding hydrogens is 354 g/mol. The fraction of sp³-hybridized carbons (Fsp3) is 0.130. The van der Waals surface area contributed by atoms with Crippen LogP contribution < -0.4 is 9.47 Å². The van der Waals surface area contributed by atoms with E-state index in [1.54, 1.807) is 25.3 Å². The lowest BCUT2D eigenvalue weighted by molar-refractivity contribution is -0.135. The Morgan fingerprint density at radius 3 is 2.57 bits per heavy atom. The number of fused-ring (bicyclic) bond motifs is 1. The maximum absolute atomic E-state index is 11.6. The standard InChI is InChI=1S/C23H19NO4/c1-26-22-13-16(12-19(14-24)23(25)27-2)10-11-21(22)28-15-18-8-5-7-17-6-3-4-9-20(17)18/h3-13H,15H2,1-2H3/b19-12+. The Balaban J connectivity index is 1.84. The first kappa shape index (κ1) is 19.0. The normalized spacial score (nSPS) is 11.0. The summed E-state index contributed by atoms with van der Waals surface area (Å²) in [6, 6.07) is 21.3. The molecule has 3 aromatic rings. The molecule has 0 radical (unpaired) electrons. The smallest absolute Gasteiger partial charge is 0.348 e. The van der Waals surface area contributed by atoms with Crippen molar-refractivity contribution in [2.75, 3.05) is 14.2 Å². The van der Waals surface area contributed by atoms with E-state index in [4.69, 9.17) is 14.7 Å². The van der Waals surface area contributed by atoms with E-state index in [0.717, 1.165) is 16.3 Å².